The van der Waals surface area contributed by atoms with Crippen LogP contribution in [0.5, 0.6) is 5.75 Å². The Bertz CT molecular complexity index is 368. The van der Waals surface area contributed by atoms with Gasteiger partial charge < -0.3 is 10.5 Å². The lowest BCUT2D eigenvalue weighted by Gasteiger charge is -2.10. The van der Waals surface area contributed by atoms with Crippen LogP contribution in [0.3, 0.4) is 0 Å². The van der Waals surface area contributed by atoms with Crippen molar-refractivity contribution in [3.8, 4) is 5.75 Å². The van der Waals surface area contributed by atoms with E-state index < -0.39 is 25.4 Å². The Labute approximate surface area is 95.1 Å². The summed E-state index contributed by atoms with van der Waals surface area (Å²) in [4.78, 5) is 0. The van der Waals surface area contributed by atoms with Gasteiger partial charge in [-0.05, 0) is 17.7 Å². The first kappa shape index (κ1) is 13.7. The Balaban J connectivity index is 2.42. The van der Waals surface area contributed by atoms with Gasteiger partial charge in [0.1, 0.15) is 6.61 Å². The molecule has 0 saturated carbocycles. The van der Waals surface area contributed by atoms with E-state index >= 15 is 0 Å². The first-order valence-electron chi connectivity index (χ1n) is 4.74. The molecule has 0 saturated heterocycles. The van der Waals surface area contributed by atoms with E-state index in [9.17, 15) is 17.6 Å². The molecule has 0 bridgehead atoms. The molecular formula is C10H11F4NO2. The Morgan fingerprint density at radius 2 is 1.88 bits per heavy atom. The minimum Gasteiger partial charge on any atom is -0.488 e. The van der Waals surface area contributed by atoms with Gasteiger partial charge in [-0.1, -0.05) is 6.07 Å². The van der Waals surface area contributed by atoms with E-state index in [0.29, 0.717) is 5.56 Å². The largest absolute Gasteiger partial charge is 0.522 e. The van der Waals surface area contributed by atoms with Gasteiger partial charge in [0.15, 0.2) is 11.6 Å². The maximum atomic E-state index is 13.3. The summed E-state index contributed by atoms with van der Waals surface area (Å²) in [6.07, 6.45) is -4.70. The standard InChI is InChI=1S/C10H11F4NO2/c11-8-5-7(6-15)1-2-9(8)16-3-4-17-10(12,13)14/h1-2,5H,3-4,6,15H2. The summed E-state index contributed by atoms with van der Waals surface area (Å²) in [7, 11) is 0. The van der Waals surface area contributed by atoms with E-state index in [1.807, 2.05) is 0 Å². The molecule has 0 aliphatic carbocycles. The van der Waals surface area contributed by atoms with Crippen LogP contribution in [0.1, 0.15) is 5.56 Å². The minimum absolute atomic E-state index is 0.132. The van der Waals surface area contributed by atoms with Crippen molar-refractivity contribution >= 4 is 0 Å². The minimum atomic E-state index is -4.70. The number of ether oxygens (including phenoxy) is 2. The van der Waals surface area contributed by atoms with Crippen molar-refractivity contribution in [2.24, 2.45) is 5.73 Å². The number of hydrogen-bond donors (Lipinski definition) is 1. The first-order chi connectivity index (χ1) is 7.92. The summed E-state index contributed by atoms with van der Waals surface area (Å²) in [6.45, 7) is -0.908. The molecule has 7 heteroatoms. The fourth-order valence-corrected chi connectivity index (χ4v) is 1.10. The van der Waals surface area contributed by atoms with Crippen molar-refractivity contribution in [1.29, 1.82) is 0 Å². The maximum Gasteiger partial charge on any atom is 0.522 e. The third kappa shape index (κ3) is 5.01. The normalized spacial score (nSPS) is 11.6. The topological polar surface area (TPSA) is 44.5 Å². The predicted molar refractivity (Wildman–Crippen MR) is 51.8 cm³/mol. The van der Waals surface area contributed by atoms with Crippen LogP contribution in [0, 0.1) is 5.82 Å². The molecule has 0 aromatic heterocycles. The lowest BCUT2D eigenvalue weighted by atomic mass is 10.2. The molecular weight excluding hydrogens is 242 g/mol. The molecule has 96 valence electrons. The van der Waals surface area contributed by atoms with Crippen LogP contribution >= 0.6 is 0 Å². The SMILES string of the molecule is NCc1ccc(OCCOC(F)(F)F)c(F)c1. The molecule has 0 aliphatic rings. The van der Waals surface area contributed by atoms with E-state index in [1.54, 1.807) is 0 Å². The number of nitrogens with two attached hydrogens (primary N) is 1. The number of alkyl halides is 3. The van der Waals surface area contributed by atoms with Crippen LogP contribution in [-0.2, 0) is 11.3 Å². The molecule has 0 unspecified atom stereocenters. The monoisotopic (exact) mass is 253 g/mol. The number of rotatable bonds is 5. The van der Waals surface area contributed by atoms with Crippen LogP contribution < -0.4 is 10.5 Å². The van der Waals surface area contributed by atoms with Crippen molar-refractivity contribution in [1.82, 2.24) is 0 Å². The van der Waals surface area contributed by atoms with Crippen LogP contribution in [0.25, 0.3) is 0 Å². The van der Waals surface area contributed by atoms with Gasteiger partial charge in [0.2, 0.25) is 0 Å². The fraction of sp³-hybridized carbons (Fsp3) is 0.400. The highest BCUT2D eigenvalue weighted by Crippen LogP contribution is 2.19. The highest BCUT2D eigenvalue weighted by atomic mass is 19.4. The molecule has 2 N–H and O–H groups in total. The zero-order valence-electron chi connectivity index (χ0n) is 8.76. The van der Waals surface area contributed by atoms with E-state index in [0.717, 1.165) is 0 Å². The summed E-state index contributed by atoms with van der Waals surface area (Å²) in [6, 6.07) is 4.01. The molecule has 0 spiro atoms. The Hall–Kier alpha value is -1.34. The predicted octanol–water partition coefficient (Wildman–Crippen LogP) is 2.20. The molecule has 1 aromatic rings. The van der Waals surface area contributed by atoms with Gasteiger partial charge in [-0.3, -0.25) is 4.74 Å². The third-order valence-electron chi connectivity index (χ3n) is 1.84. The quantitative estimate of drug-likeness (QED) is 0.646. The van der Waals surface area contributed by atoms with E-state index in [-0.39, 0.29) is 12.3 Å². The third-order valence-corrected chi connectivity index (χ3v) is 1.84. The molecule has 0 atom stereocenters. The molecule has 0 amide bonds. The lowest BCUT2D eigenvalue weighted by molar-refractivity contribution is -0.325. The Kier molecular flexibility index (Phi) is 4.71. The summed E-state index contributed by atoms with van der Waals surface area (Å²) < 4.78 is 56.3. The van der Waals surface area contributed by atoms with Crippen LogP contribution in [0.4, 0.5) is 17.6 Å². The first-order valence-corrected chi connectivity index (χ1v) is 4.74. The lowest BCUT2D eigenvalue weighted by Crippen LogP contribution is -2.18. The highest BCUT2D eigenvalue weighted by molar-refractivity contribution is 5.29. The average molecular weight is 253 g/mol. The van der Waals surface area contributed by atoms with Crippen LogP contribution in [0.15, 0.2) is 18.2 Å². The zero-order chi connectivity index (χ0) is 12.9. The van der Waals surface area contributed by atoms with Crippen molar-refractivity contribution in [3.05, 3.63) is 29.6 Å². The smallest absolute Gasteiger partial charge is 0.488 e. The van der Waals surface area contributed by atoms with E-state index in [4.69, 9.17) is 10.5 Å². The second kappa shape index (κ2) is 5.83. The molecule has 0 heterocycles. The number of hydrogen-bond acceptors (Lipinski definition) is 3. The van der Waals surface area contributed by atoms with Gasteiger partial charge in [0.05, 0.1) is 6.61 Å². The van der Waals surface area contributed by atoms with Crippen molar-refractivity contribution in [2.75, 3.05) is 13.2 Å². The summed E-state index contributed by atoms with van der Waals surface area (Å²) in [5.41, 5.74) is 5.86. The van der Waals surface area contributed by atoms with Crippen molar-refractivity contribution in [3.63, 3.8) is 0 Å². The van der Waals surface area contributed by atoms with Crippen molar-refractivity contribution in [2.45, 2.75) is 12.9 Å². The van der Waals surface area contributed by atoms with Gasteiger partial charge in [0, 0.05) is 6.54 Å². The van der Waals surface area contributed by atoms with Gasteiger partial charge in [-0.2, -0.15) is 0 Å². The maximum absolute atomic E-state index is 13.3. The number of benzene rings is 1. The summed E-state index contributed by atoms with van der Waals surface area (Å²) in [5.74, 6) is -0.798. The Morgan fingerprint density at radius 3 is 2.41 bits per heavy atom. The summed E-state index contributed by atoms with van der Waals surface area (Å²) in [5, 5.41) is 0. The van der Waals surface area contributed by atoms with Gasteiger partial charge in [-0.25, -0.2) is 4.39 Å². The summed E-state index contributed by atoms with van der Waals surface area (Å²) >= 11 is 0. The highest BCUT2D eigenvalue weighted by Gasteiger charge is 2.28. The van der Waals surface area contributed by atoms with Gasteiger partial charge in [0.25, 0.3) is 0 Å². The number of halogens is 4. The molecule has 1 rings (SSSR count). The molecule has 0 fully saturated rings. The average Bonchev–Trinajstić information content (AvgIpc) is 2.24. The van der Waals surface area contributed by atoms with E-state index in [1.165, 1.54) is 18.2 Å². The van der Waals surface area contributed by atoms with Crippen LogP contribution in [0.2, 0.25) is 0 Å². The molecule has 0 aliphatic heterocycles. The molecule has 1 aromatic carbocycles. The molecule has 0 radical (unpaired) electrons. The Morgan fingerprint density at radius 1 is 1.18 bits per heavy atom. The fourth-order valence-electron chi connectivity index (χ4n) is 1.10. The zero-order valence-corrected chi connectivity index (χ0v) is 8.76. The molecule has 3 nitrogen and oxygen atoms in total. The van der Waals surface area contributed by atoms with Gasteiger partial charge in [-0.15, -0.1) is 13.2 Å². The van der Waals surface area contributed by atoms with Crippen molar-refractivity contribution < 1.29 is 27.0 Å². The second-order valence-electron chi connectivity index (χ2n) is 3.11. The van der Waals surface area contributed by atoms with Gasteiger partial charge >= 0.3 is 6.36 Å². The second-order valence-corrected chi connectivity index (χ2v) is 3.11. The van der Waals surface area contributed by atoms with E-state index in [2.05, 4.69) is 4.74 Å². The molecule has 17 heavy (non-hydrogen) atoms. The van der Waals surface area contributed by atoms with Crippen LogP contribution in [-0.4, -0.2) is 19.6 Å².